The number of hydrogen-bond donors (Lipinski definition) is 2. The number of anilines is 2. The minimum Gasteiger partial charge on any atom is -0.380 e. The summed E-state index contributed by atoms with van der Waals surface area (Å²) >= 11 is 0. The van der Waals surface area contributed by atoms with E-state index < -0.39 is 0 Å². The molecule has 0 bridgehead atoms. The van der Waals surface area contributed by atoms with Crippen molar-refractivity contribution in [3.05, 3.63) is 54.2 Å². The third-order valence-electron chi connectivity index (χ3n) is 4.79. The van der Waals surface area contributed by atoms with Gasteiger partial charge in [-0.3, -0.25) is 9.79 Å². The molecule has 0 unspecified atom stereocenters. The first-order valence-corrected chi connectivity index (χ1v) is 9.75. The predicted octanol–water partition coefficient (Wildman–Crippen LogP) is 1.69. The van der Waals surface area contributed by atoms with Gasteiger partial charge in [0.05, 0.1) is 13.2 Å². The van der Waals surface area contributed by atoms with Gasteiger partial charge in [-0.1, -0.05) is 24.3 Å². The molecule has 3 rings (SSSR count). The van der Waals surface area contributed by atoms with Crippen LogP contribution in [0.3, 0.4) is 0 Å². The molecule has 1 fully saturated rings. The molecule has 0 saturated carbocycles. The molecule has 3 N–H and O–H groups in total. The smallest absolute Gasteiger partial charge is 0.224 e. The van der Waals surface area contributed by atoms with Crippen molar-refractivity contribution in [3.63, 3.8) is 0 Å². The van der Waals surface area contributed by atoms with Crippen LogP contribution in [0.1, 0.15) is 12.0 Å². The van der Waals surface area contributed by atoms with Crippen molar-refractivity contribution in [1.82, 2.24) is 9.88 Å². The van der Waals surface area contributed by atoms with E-state index in [0.29, 0.717) is 38.6 Å². The number of nitrogens with one attached hydrogen (secondary N) is 1. The summed E-state index contributed by atoms with van der Waals surface area (Å²) in [5, 5.41) is 3.08. The van der Waals surface area contributed by atoms with Crippen LogP contribution in [0.2, 0.25) is 0 Å². The molecule has 8 heteroatoms. The molecule has 1 aromatic carbocycles. The van der Waals surface area contributed by atoms with Crippen LogP contribution in [0, 0.1) is 0 Å². The van der Waals surface area contributed by atoms with Crippen molar-refractivity contribution in [1.29, 1.82) is 0 Å². The minimum atomic E-state index is 0.0991. The Labute approximate surface area is 171 Å². The zero-order valence-electron chi connectivity index (χ0n) is 16.8. The van der Waals surface area contributed by atoms with E-state index >= 15 is 0 Å². The zero-order valence-corrected chi connectivity index (χ0v) is 16.8. The fraction of sp³-hybridized carbons (Fsp3) is 0.381. The van der Waals surface area contributed by atoms with Crippen LogP contribution in [0.4, 0.5) is 11.5 Å². The Morgan fingerprint density at radius 1 is 1.17 bits per heavy atom. The summed E-state index contributed by atoms with van der Waals surface area (Å²) in [7, 11) is 1.65. The molecule has 2 heterocycles. The van der Waals surface area contributed by atoms with Gasteiger partial charge < -0.3 is 25.6 Å². The van der Waals surface area contributed by atoms with Gasteiger partial charge >= 0.3 is 0 Å². The number of ether oxygens (including phenoxy) is 1. The number of rotatable bonds is 7. The van der Waals surface area contributed by atoms with Crippen molar-refractivity contribution in [2.45, 2.75) is 13.0 Å². The Hall–Kier alpha value is -3.13. The Balaban J connectivity index is 1.44. The van der Waals surface area contributed by atoms with E-state index in [4.69, 9.17) is 10.5 Å². The highest BCUT2D eigenvalue weighted by Crippen LogP contribution is 2.15. The standard InChI is InChI=1S/C21H28N6O2/c1-29-16-17-6-2-3-7-18(17)25-21(22)24-11-9-20(28)27-14-12-26(13-15-27)19-8-4-5-10-23-19/h2-8,10H,9,11-16H2,1H3,(H3,22,24,25). The maximum atomic E-state index is 12.5. The van der Waals surface area contributed by atoms with Gasteiger partial charge in [0.2, 0.25) is 5.91 Å². The summed E-state index contributed by atoms with van der Waals surface area (Å²) in [5.41, 5.74) is 7.83. The number of hydrogen-bond acceptors (Lipinski definition) is 5. The summed E-state index contributed by atoms with van der Waals surface area (Å²) in [6.07, 6.45) is 2.13. The van der Waals surface area contributed by atoms with Crippen LogP contribution in [0.15, 0.2) is 53.7 Å². The van der Waals surface area contributed by atoms with Crippen LogP contribution < -0.4 is 16.0 Å². The molecule has 0 spiro atoms. The average Bonchev–Trinajstić information content (AvgIpc) is 2.76. The van der Waals surface area contributed by atoms with Crippen LogP contribution >= 0.6 is 0 Å². The van der Waals surface area contributed by atoms with Crippen molar-refractivity contribution in [2.75, 3.05) is 50.1 Å². The van der Waals surface area contributed by atoms with Gasteiger partial charge in [0.25, 0.3) is 0 Å². The highest BCUT2D eigenvalue weighted by atomic mass is 16.5. The van der Waals surface area contributed by atoms with Gasteiger partial charge in [-0.15, -0.1) is 0 Å². The lowest BCUT2D eigenvalue weighted by molar-refractivity contribution is -0.131. The lowest BCUT2D eigenvalue weighted by atomic mass is 10.2. The summed E-state index contributed by atoms with van der Waals surface area (Å²) in [6.45, 7) is 3.79. The number of carbonyl (C=O) groups is 1. The first-order chi connectivity index (χ1) is 14.2. The molecule has 1 aromatic heterocycles. The molecule has 8 nitrogen and oxygen atoms in total. The number of aliphatic imine (C=N–C) groups is 1. The molecule has 1 aliphatic heterocycles. The van der Waals surface area contributed by atoms with Crippen molar-refractivity contribution in [3.8, 4) is 0 Å². The SMILES string of the molecule is COCc1ccccc1NC(N)=NCCC(=O)N1CCN(c2ccccn2)CC1. The molecular formula is C21H28N6O2. The molecule has 0 aliphatic carbocycles. The molecule has 1 amide bonds. The van der Waals surface area contributed by atoms with E-state index in [1.54, 1.807) is 13.3 Å². The van der Waals surface area contributed by atoms with Crippen molar-refractivity contribution < 1.29 is 9.53 Å². The first-order valence-electron chi connectivity index (χ1n) is 9.75. The van der Waals surface area contributed by atoms with Crippen molar-refractivity contribution >= 4 is 23.4 Å². The minimum absolute atomic E-state index is 0.0991. The molecule has 29 heavy (non-hydrogen) atoms. The molecule has 0 radical (unpaired) electrons. The van der Waals surface area contributed by atoms with E-state index in [-0.39, 0.29) is 5.91 Å². The van der Waals surface area contributed by atoms with Gasteiger partial charge in [-0.25, -0.2) is 4.98 Å². The number of carbonyl (C=O) groups excluding carboxylic acids is 1. The highest BCUT2D eigenvalue weighted by Gasteiger charge is 2.21. The monoisotopic (exact) mass is 396 g/mol. The second-order valence-corrected chi connectivity index (χ2v) is 6.79. The average molecular weight is 396 g/mol. The number of methoxy groups -OCH3 is 1. The first kappa shape index (κ1) is 20.6. The van der Waals surface area contributed by atoms with E-state index in [9.17, 15) is 4.79 Å². The predicted molar refractivity (Wildman–Crippen MR) is 115 cm³/mol. The third-order valence-corrected chi connectivity index (χ3v) is 4.79. The van der Waals surface area contributed by atoms with E-state index in [0.717, 1.165) is 30.2 Å². The second kappa shape index (κ2) is 10.4. The van der Waals surface area contributed by atoms with Crippen LogP contribution in [-0.2, 0) is 16.1 Å². The molecule has 2 aromatic rings. The summed E-state index contributed by atoms with van der Waals surface area (Å²) in [6, 6.07) is 13.6. The fourth-order valence-corrected chi connectivity index (χ4v) is 3.26. The number of benzene rings is 1. The Morgan fingerprint density at radius 3 is 2.66 bits per heavy atom. The third kappa shape index (κ3) is 5.92. The molecule has 0 atom stereocenters. The normalized spacial score (nSPS) is 14.7. The van der Waals surface area contributed by atoms with Crippen LogP contribution in [0.5, 0.6) is 0 Å². The van der Waals surface area contributed by atoms with Crippen LogP contribution in [-0.4, -0.2) is 61.6 Å². The Morgan fingerprint density at radius 2 is 1.93 bits per heavy atom. The highest BCUT2D eigenvalue weighted by molar-refractivity contribution is 5.93. The quantitative estimate of drug-likeness (QED) is 0.546. The number of nitrogens with two attached hydrogens (primary N) is 1. The van der Waals surface area contributed by atoms with E-state index in [2.05, 4.69) is 20.2 Å². The van der Waals surface area contributed by atoms with Gasteiger partial charge in [0.15, 0.2) is 5.96 Å². The number of guanidine groups is 1. The lowest BCUT2D eigenvalue weighted by Crippen LogP contribution is -2.49. The van der Waals surface area contributed by atoms with Gasteiger partial charge in [0, 0.05) is 57.2 Å². The van der Waals surface area contributed by atoms with Gasteiger partial charge in [-0.2, -0.15) is 0 Å². The van der Waals surface area contributed by atoms with Crippen LogP contribution in [0.25, 0.3) is 0 Å². The fourth-order valence-electron chi connectivity index (χ4n) is 3.26. The molecule has 1 saturated heterocycles. The number of nitrogens with zero attached hydrogens (tertiary/aromatic N) is 4. The maximum Gasteiger partial charge on any atom is 0.224 e. The Kier molecular flexibility index (Phi) is 7.40. The largest absolute Gasteiger partial charge is 0.380 e. The summed E-state index contributed by atoms with van der Waals surface area (Å²) in [4.78, 5) is 25.2. The number of aromatic nitrogens is 1. The van der Waals surface area contributed by atoms with E-state index in [1.807, 2.05) is 47.4 Å². The summed E-state index contributed by atoms with van der Waals surface area (Å²) in [5.74, 6) is 1.35. The Bertz CT molecular complexity index is 819. The number of para-hydroxylation sites is 1. The summed E-state index contributed by atoms with van der Waals surface area (Å²) < 4.78 is 5.19. The number of piperazine rings is 1. The maximum absolute atomic E-state index is 12.5. The van der Waals surface area contributed by atoms with Crippen molar-refractivity contribution in [2.24, 2.45) is 10.7 Å². The molecule has 154 valence electrons. The number of amides is 1. The van der Waals surface area contributed by atoms with Gasteiger partial charge in [0.1, 0.15) is 5.82 Å². The second-order valence-electron chi connectivity index (χ2n) is 6.79. The molecule has 1 aliphatic rings. The topological polar surface area (TPSA) is 96.1 Å². The number of pyridine rings is 1. The zero-order chi connectivity index (χ0) is 20.5. The van der Waals surface area contributed by atoms with E-state index in [1.165, 1.54) is 0 Å². The molecular weight excluding hydrogens is 368 g/mol. The lowest BCUT2D eigenvalue weighted by Gasteiger charge is -2.35. The van der Waals surface area contributed by atoms with Gasteiger partial charge in [-0.05, 0) is 18.2 Å².